The SMILES string of the molecule is Cn1ccc(-c2cc(C(=O)NC3CCC4(CC3)CC4N)no2)n1. The molecule has 2 heterocycles. The van der Waals surface area contributed by atoms with Crippen molar-refractivity contribution in [3.63, 3.8) is 0 Å². The molecule has 2 saturated carbocycles. The summed E-state index contributed by atoms with van der Waals surface area (Å²) in [5.74, 6) is 0.319. The van der Waals surface area contributed by atoms with Crippen LogP contribution in [0.15, 0.2) is 22.9 Å². The molecule has 2 aromatic heterocycles. The standard InChI is InChI=1S/C16H21N5O2/c1-21-7-4-11(19-21)13-8-12(20-23-13)15(22)18-10-2-5-16(6-3-10)9-14(16)17/h4,7-8,10,14H,2-3,5-6,9,17H2,1H3,(H,18,22). The van der Waals surface area contributed by atoms with Crippen LogP contribution in [0.3, 0.4) is 0 Å². The van der Waals surface area contributed by atoms with Gasteiger partial charge in [0.05, 0.1) is 0 Å². The molecule has 0 saturated heterocycles. The van der Waals surface area contributed by atoms with E-state index >= 15 is 0 Å². The summed E-state index contributed by atoms with van der Waals surface area (Å²) in [7, 11) is 1.83. The number of aryl methyl sites for hydroxylation is 1. The van der Waals surface area contributed by atoms with Crippen molar-refractivity contribution in [3.8, 4) is 11.5 Å². The molecule has 1 amide bonds. The summed E-state index contributed by atoms with van der Waals surface area (Å²) in [4.78, 5) is 12.3. The molecule has 0 aliphatic heterocycles. The predicted molar refractivity (Wildman–Crippen MR) is 83.5 cm³/mol. The Bertz CT molecular complexity index is 726. The first-order valence-electron chi connectivity index (χ1n) is 8.09. The lowest BCUT2D eigenvalue weighted by atomic mass is 9.83. The zero-order valence-corrected chi connectivity index (χ0v) is 13.2. The van der Waals surface area contributed by atoms with Crippen molar-refractivity contribution in [2.24, 2.45) is 18.2 Å². The second kappa shape index (κ2) is 5.19. The normalized spacial score (nSPS) is 29.7. The zero-order chi connectivity index (χ0) is 16.0. The van der Waals surface area contributed by atoms with Crippen LogP contribution in [-0.4, -0.2) is 32.9 Å². The fraction of sp³-hybridized carbons (Fsp3) is 0.562. The average molecular weight is 315 g/mol. The van der Waals surface area contributed by atoms with Crippen molar-refractivity contribution in [3.05, 3.63) is 24.0 Å². The highest BCUT2D eigenvalue weighted by Gasteiger charge is 2.52. The Hall–Kier alpha value is -2.15. The molecule has 2 aliphatic rings. The highest BCUT2D eigenvalue weighted by Crippen LogP contribution is 2.54. The lowest BCUT2D eigenvalue weighted by Gasteiger charge is -2.29. The van der Waals surface area contributed by atoms with E-state index in [0.717, 1.165) is 32.1 Å². The molecule has 0 aromatic carbocycles. The molecule has 4 rings (SSSR count). The molecular formula is C16H21N5O2. The van der Waals surface area contributed by atoms with Crippen molar-refractivity contribution in [1.82, 2.24) is 20.3 Å². The van der Waals surface area contributed by atoms with Gasteiger partial charge >= 0.3 is 0 Å². The van der Waals surface area contributed by atoms with Gasteiger partial charge in [-0.3, -0.25) is 9.48 Å². The molecule has 23 heavy (non-hydrogen) atoms. The van der Waals surface area contributed by atoms with Gasteiger partial charge in [-0.2, -0.15) is 5.10 Å². The third-order valence-electron chi connectivity index (χ3n) is 5.28. The smallest absolute Gasteiger partial charge is 0.273 e. The largest absolute Gasteiger partial charge is 0.354 e. The van der Waals surface area contributed by atoms with E-state index < -0.39 is 0 Å². The lowest BCUT2D eigenvalue weighted by molar-refractivity contribution is 0.0910. The number of aromatic nitrogens is 3. The molecule has 1 atom stereocenters. The third-order valence-corrected chi connectivity index (χ3v) is 5.28. The minimum atomic E-state index is -0.183. The van der Waals surface area contributed by atoms with Gasteiger partial charge in [0.1, 0.15) is 5.69 Å². The summed E-state index contributed by atoms with van der Waals surface area (Å²) in [5, 5.41) is 11.2. The molecule has 7 heteroatoms. The van der Waals surface area contributed by atoms with Crippen molar-refractivity contribution in [2.45, 2.75) is 44.2 Å². The van der Waals surface area contributed by atoms with E-state index in [1.807, 2.05) is 19.3 Å². The van der Waals surface area contributed by atoms with Gasteiger partial charge in [-0.1, -0.05) is 5.16 Å². The van der Waals surface area contributed by atoms with Gasteiger partial charge in [0.25, 0.3) is 5.91 Å². The number of carbonyl (C=O) groups excluding carboxylic acids is 1. The van der Waals surface area contributed by atoms with E-state index in [4.69, 9.17) is 10.3 Å². The Morgan fingerprint density at radius 3 is 2.83 bits per heavy atom. The molecule has 0 radical (unpaired) electrons. The van der Waals surface area contributed by atoms with Gasteiger partial charge < -0.3 is 15.6 Å². The fourth-order valence-electron chi connectivity index (χ4n) is 3.60. The van der Waals surface area contributed by atoms with Crippen LogP contribution in [0.2, 0.25) is 0 Å². The highest BCUT2D eigenvalue weighted by molar-refractivity contribution is 5.93. The number of nitrogens with zero attached hydrogens (tertiary/aromatic N) is 3. The molecular weight excluding hydrogens is 294 g/mol. The van der Waals surface area contributed by atoms with E-state index in [-0.39, 0.29) is 11.9 Å². The van der Waals surface area contributed by atoms with E-state index in [9.17, 15) is 4.79 Å². The van der Waals surface area contributed by atoms with Gasteiger partial charge in [-0.25, -0.2) is 0 Å². The number of hydrogen-bond donors (Lipinski definition) is 2. The Morgan fingerprint density at radius 1 is 1.48 bits per heavy atom. The number of rotatable bonds is 3. The highest BCUT2D eigenvalue weighted by atomic mass is 16.5. The quantitative estimate of drug-likeness (QED) is 0.893. The van der Waals surface area contributed by atoms with Crippen LogP contribution < -0.4 is 11.1 Å². The molecule has 122 valence electrons. The maximum atomic E-state index is 12.3. The maximum absolute atomic E-state index is 12.3. The van der Waals surface area contributed by atoms with Gasteiger partial charge in [0.2, 0.25) is 0 Å². The summed E-state index contributed by atoms with van der Waals surface area (Å²) in [6.07, 6.45) is 7.16. The van der Waals surface area contributed by atoms with Crippen LogP contribution in [0.1, 0.15) is 42.6 Å². The Labute approximate surface area is 134 Å². The van der Waals surface area contributed by atoms with Crippen molar-refractivity contribution < 1.29 is 9.32 Å². The molecule has 7 nitrogen and oxygen atoms in total. The molecule has 2 aromatic rings. The zero-order valence-electron chi connectivity index (χ0n) is 13.2. The summed E-state index contributed by atoms with van der Waals surface area (Å²) < 4.78 is 6.91. The first-order chi connectivity index (χ1) is 11.1. The second-order valence-corrected chi connectivity index (χ2v) is 6.87. The van der Waals surface area contributed by atoms with Crippen LogP contribution >= 0.6 is 0 Å². The average Bonchev–Trinajstić information content (AvgIpc) is 2.93. The number of hydrogen-bond acceptors (Lipinski definition) is 5. The minimum Gasteiger partial charge on any atom is -0.354 e. The summed E-state index contributed by atoms with van der Waals surface area (Å²) in [6.45, 7) is 0. The third kappa shape index (κ3) is 2.65. The van der Waals surface area contributed by atoms with E-state index in [1.165, 1.54) is 0 Å². The first-order valence-corrected chi connectivity index (χ1v) is 8.09. The van der Waals surface area contributed by atoms with Gasteiger partial charge in [-0.05, 0) is 43.6 Å². The Morgan fingerprint density at radius 2 is 2.22 bits per heavy atom. The molecule has 1 spiro atoms. The van der Waals surface area contributed by atoms with Gasteiger partial charge in [0, 0.05) is 31.4 Å². The molecule has 3 N–H and O–H groups in total. The van der Waals surface area contributed by atoms with E-state index in [1.54, 1.807) is 10.7 Å². The van der Waals surface area contributed by atoms with Crippen LogP contribution in [0.5, 0.6) is 0 Å². The van der Waals surface area contributed by atoms with Crippen LogP contribution in [-0.2, 0) is 7.05 Å². The number of amides is 1. The molecule has 0 bridgehead atoms. The second-order valence-electron chi connectivity index (χ2n) is 6.87. The fourth-order valence-corrected chi connectivity index (χ4v) is 3.60. The summed E-state index contributed by atoms with van der Waals surface area (Å²) in [5.41, 5.74) is 7.36. The predicted octanol–water partition coefficient (Wildman–Crippen LogP) is 1.46. The van der Waals surface area contributed by atoms with Gasteiger partial charge in [-0.15, -0.1) is 0 Å². The van der Waals surface area contributed by atoms with Crippen molar-refractivity contribution >= 4 is 5.91 Å². The van der Waals surface area contributed by atoms with Crippen LogP contribution in [0, 0.1) is 5.41 Å². The maximum Gasteiger partial charge on any atom is 0.273 e. The number of nitrogens with one attached hydrogen (secondary N) is 1. The monoisotopic (exact) mass is 315 g/mol. The Kier molecular flexibility index (Phi) is 3.26. The van der Waals surface area contributed by atoms with E-state index in [0.29, 0.717) is 28.6 Å². The van der Waals surface area contributed by atoms with Crippen LogP contribution in [0.4, 0.5) is 0 Å². The topological polar surface area (TPSA) is 99.0 Å². The Balaban J connectivity index is 1.37. The molecule has 1 unspecified atom stereocenters. The van der Waals surface area contributed by atoms with E-state index in [2.05, 4.69) is 15.6 Å². The van der Waals surface area contributed by atoms with Crippen molar-refractivity contribution in [2.75, 3.05) is 0 Å². The van der Waals surface area contributed by atoms with Crippen molar-refractivity contribution in [1.29, 1.82) is 0 Å². The summed E-state index contributed by atoms with van der Waals surface area (Å²) in [6, 6.07) is 4.03. The van der Waals surface area contributed by atoms with Gasteiger partial charge in [0.15, 0.2) is 11.5 Å². The summed E-state index contributed by atoms with van der Waals surface area (Å²) >= 11 is 0. The lowest BCUT2D eigenvalue weighted by Crippen LogP contribution is -2.39. The first kappa shape index (κ1) is 14.4. The molecule has 2 fully saturated rings. The minimum absolute atomic E-state index is 0.183. The van der Waals surface area contributed by atoms with Crippen LogP contribution in [0.25, 0.3) is 11.5 Å². The number of carbonyl (C=O) groups is 1. The molecule has 2 aliphatic carbocycles. The number of nitrogens with two attached hydrogens (primary N) is 1.